The van der Waals surface area contributed by atoms with Gasteiger partial charge in [-0.1, -0.05) is 19.1 Å². The third-order valence-corrected chi connectivity index (χ3v) is 5.89. The zero-order chi connectivity index (χ0) is 31.8. The van der Waals surface area contributed by atoms with Crippen LogP contribution in [0.4, 0.5) is 36.3 Å². The van der Waals surface area contributed by atoms with Gasteiger partial charge >= 0.3 is 5.97 Å². The van der Waals surface area contributed by atoms with Crippen LogP contribution < -0.4 is 21.7 Å². The van der Waals surface area contributed by atoms with Crippen LogP contribution in [0.15, 0.2) is 54.7 Å². The highest BCUT2D eigenvalue weighted by molar-refractivity contribution is 6.07. The first-order valence-electron chi connectivity index (χ1n) is 13.6. The molecule has 0 aliphatic heterocycles. The fourth-order valence-corrected chi connectivity index (χ4v) is 3.84. The van der Waals surface area contributed by atoms with Crippen molar-refractivity contribution in [3.63, 3.8) is 0 Å². The van der Waals surface area contributed by atoms with Gasteiger partial charge in [-0.15, -0.1) is 0 Å². The lowest BCUT2D eigenvalue weighted by molar-refractivity contribution is -0.158. The van der Waals surface area contributed by atoms with Crippen LogP contribution in [0, 0.1) is 0 Å². The Morgan fingerprint density at radius 2 is 1.74 bits per heavy atom. The summed E-state index contributed by atoms with van der Waals surface area (Å²) in [6.07, 6.45) is -2.41. The third kappa shape index (κ3) is 9.69. The molecule has 0 spiro atoms. The Hall–Kier alpha value is -4.68. The van der Waals surface area contributed by atoms with Gasteiger partial charge in [0.25, 0.3) is 11.8 Å². The van der Waals surface area contributed by atoms with Crippen molar-refractivity contribution in [1.82, 2.24) is 9.97 Å². The van der Waals surface area contributed by atoms with Crippen LogP contribution in [0.1, 0.15) is 79.4 Å². The number of nitrogens with zero attached hydrogens (tertiary/aromatic N) is 2. The number of primary amides is 1. The standard InChI is InChI=1S/C30H35F3N6O4/c1-5-15-35-26-22(17-36-28(39-26)38-20-11-9-18(10-12-20)25(34)41)27(42)37-21-8-6-7-19(16-21)24(31)30(32,33)14-13-23(40)43-29(2,3)4/h6-12,16-17,24H,5,13-15H2,1-4H3,(H2,34,41)(H,37,42)(H2,35,36,38,39). The maximum absolute atomic E-state index is 15.0. The molecule has 1 heterocycles. The molecule has 5 N–H and O–H groups in total. The summed E-state index contributed by atoms with van der Waals surface area (Å²) in [7, 11) is 0. The third-order valence-electron chi connectivity index (χ3n) is 5.89. The van der Waals surface area contributed by atoms with Gasteiger partial charge in [-0.2, -0.15) is 4.98 Å². The minimum absolute atomic E-state index is 0.0629. The molecule has 1 aromatic heterocycles. The summed E-state index contributed by atoms with van der Waals surface area (Å²) in [5.41, 5.74) is 5.10. The Kier molecular flexibility index (Phi) is 10.7. The molecule has 1 atom stereocenters. The number of ether oxygens (including phenoxy) is 1. The number of benzene rings is 2. The molecule has 0 saturated carbocycles. The maximum Gasteiger partial charge on any atom is 0.306 e. The summed E-state index contributed by atoms with van der Waals surface area (Å²) in [5.74, 6) is -5.55. The van der Waals surface area contributed by atoms with Crippen molar-refractivity contribution < 1.29 is 32.3 Å². The van der Waals surface area contributed by atoms with E-state index in [0.29, 0.717) is 17.8 Å². The summed E-state index contributed by atoms with van der Waals surface area (Å²) < 4.78 is 49.3. The van der Waals surface area contributed by atoms with Gasteiger partial charge in [0.2, 0.25) is 11.9 Å². The molecule has 230 valence electrons. The van der Waals surface area contributed by atoms with Crippen LogP contribution >= 0.6 is 0 Å². The van der Waals surface area contributed by atoms with E-state index in [1.165, 1.54) is 36.5 Å². The molecule has 0 saturated heterocycles. The van der Waals surface area contributed by atoms with Crippen molar-refractivity contribution in [3.8, 4) is 0 Å². The summed E-state index contributed by atoms with van der Waals surface area (Å²) in [6, 6.07) is 11.4. The van der Waals surface area contributed by atoms with Crippen LogP contribution in [0.25, 0.3) is 0 Å². The quantitative estimate of drug-likeness (QED) is 0.171. The second-order valence-electron chi connectivity index (χ2n) is 10.7. The fourth-order valence-electron chi connectivity index (χ4n) is 3.84. The largest absolute Gasteiger partial charge is 0.460 e. The number of anilines is 4. The molecular weight excluding hydrogens is 565 g/mol. The number of hydrogen-bond acceptors (Lipinski definition) is 8. The highest BCUT2D eigenvalue weighted by Gasteiger charge is 2.41. The number of alkyl halides is 3. The molecule has 2 aromatic carbocycles. The second kappa shape index (κ2) is 14.0. The molecule has 3 aromatic rings. The molecule has 0 bridgehead atoms. The van der Waals surface area contributed by atoms with Crippen molar-refractivity contribution in [3.05, 3.63) is 71.4 Å². The number of halogens is 3. The van der Waals surface area contributed by atoms with Gasteiger partial charge in [-0.25, -0.2) is 18.2 Å². The zero-order valence-electron chi connectivity index (χ0n) is 24.3. The average molecular weight is 601 g/mol. The van der Waals surface area contributed by atoms with Crippen molar-refractivity contribution in [2.45, 2.75) is 64.7 Å². The highest BCUT2D eigenvalue weighted by Crippen LogP contribution is 2.39. The molecule has 10 nitrogen and oxygen atoms in total. The van der Waals surface area contributed by atoms with Gasteiger partial charge in [0.1, 0.15) is 17.0 Å². The van der Waals surface area contributed by atoms with Gasteiger partial charge in [-0.3, -0.25) is 14.4 Å². The fraction of sp³-hybridized carbons (Fsp3) is 0.367. The number of carbonyl (C=O) groups excluding carboxylic acids is 3. The topological polar surface area (TPSA) is 148 Å². The first-order valence-corrected chi connectivity index (χ1v) is 13.6. The minimum atomic E-state index is -3.85. The van der Waals surface area contributed by atoms with Crippen LogP contribution in [-0.2, 0) is 9.53 Å². The van der Waals surface area contributed by atoms with Gasteiger partial charge in [0.15, 0.2) is 6.17 Å². The number of amides is 2. The monoisotopic (exact) mass is 600 g/mol. The Labute approximate surface area is 247 Å². The predicted octanol–water partition coefficient (Wildman–Crippen LogP) is 6.16. The number of hydrogen-bond donors (Lipinski definition) is 4. The predicted molar refractivity (Wildman–Crippen MR) is 157 cm³/mol. The number of aromatic nitrogens is 2. The smallest absolute Gasteiger partial charge is 0.306 e. The van der Waals surface area contributed by atoms with Crippen molar-refractivity contribution >= 4 is 40.9 Å². The normalized spacial score (nSPS) is 12.3. The molecule has 3 rings (SSSR count). The van der Waals surface area contributed by atoms with Crippen molar-refractivity contribution in [2.75, 3.05) is 22.5 Å². The van der Waals surface area contributed by atoms with Gasteiger partial charge in [-0.05, 0) is 69.2 Å². The second-order valence-corrected chi connectivity index (χ2v) is 10.7. The van der Waals surface area contributed by atoms with E-state index in [1.807, 2.05) is 6.92 Å². The molecule has 2 amide bonds. The van der Waals surface area contributed by atoms with E-state index in [1.54, 1.807) is 32.9 Å². The van der Waals surface area contributed by atoms with Gasteiger partial charge in [0.05, 0.1) is 6.42 Å². The van der Waals surface area contributed by atoms with Crippen LogP contribution in [0.3, 0.4) is 0 Å². The lowest BCUT2D eigenvalue weighted by Crippen LogP contribution is -2.28. The summed E-state index contributed by atoms with van der Waals surface area (Å²) in [6.45, 7) is 7.23. The number of carbonyl (C=O) groups is 3. The molecule has 0 aliphatic carbocycles. The van der Waals surface area contributed by atoms with Crippen LogP contribution in [0.2, 0.25) is 0 Å². The Bertz CT molecular complexity index is 1440. The van der Waals surface area contributed by atoms with Crippen LogP contribution in [0.5, 0.6) is 0 Å². The number of esters is 1. The van der Waals surface area contributed by atoms with Gasteiger partial charge < -0.3 is 26.4 Å². The summed E-state index contributed by atoms with van der Waals surface area (Å²) >= 11 is 0. The lowest BCUT2D eigenvalue weighted by atomic mass is 10.0. The van der Waals surface area contributed by atoms with E-state index in [-0.39, 0.29) is 28.6 Å². The molecule has 0 fully saturated rings. The minimum Gasteiger partial charge on any atom is -0.460 e. The van der Waals surface area contributed by atoms with E-state index in [0.717, 1.165) is 12.5 Å². The maximum atomic E-state index is 15.0. The zero-order valence-corrected chi connectivity index (χ0v) is 24.3. The Morgan fingerprint density at radius 3 is 2.37 bits per heavy atom. The number of rotatable bonds is 13. The van der Waals surface area contributed by atoms with Crippen molar-refractivity contribution in [2.24, 2.45) is 5.73 Å². The first-order chi connectivity index (χ1) is 20.2. The Morgan fingerprint density at radius 1 is 1.05 bits per heavy atom. The summed E-state index contributed by atoms with van der Waals surface area (Å²) in [4.78, 5) is 44.9. The SMILES string of the molecule is CCCNc1nc(Nc2ccc(C(N)=O)cc2)ncc1C(=O)Nc1cccc(C(F)C(F)(F)CCC(=O)OC(C)(C)C)c1. The van der Waals surface area contributed by atoms with Crippen molar-refractivity contribution in [1.29, 1.82) is 0 Å². The van der Waals surface area contributed by atoms with E-state index < -0.39 is 48.3 Å². The van der Waals surface area contributed by atoms with E-state index in [4.69, 9.17) is 10.5 Å². The van der Waals surface area contributed by atoms with E-state index in [9.17, 15) is 27.6 Å². The first kappa shape index (κ1) is 32.8. The highest BCUT2D eigenvalue weighted by atomic mass is 19.3. The Balaban J connectivity index is 1.74. The molecule has 13 heteroatoms. The lowest BCUT2D eigenvalue weighted by Gasteiger charge is -2.23. The molecule has 0 aliphatic rings. The van der Waals surface area contributed by atoms with Gasteiger partial charge in [0, 0.05) is 36.1 Å². The molecular formula is C30H35F3N6O4. The average Bonchev–Trinajstić information content (AvgIpc) is 2.94. The van der Waals surface area contributed by atoms with E-state index in [2.05, 4.69) is 25.9 Å². The number of nitrogens with one attached hydrogen (secondary N) is 3. The van der Waals surface area contributed by atoms with Crippen LogP contribution in [-0.4, -0.2) is 45.8 Å². The van der Waals surface area contributed by atoms with E-state index >= 15 is 0 Å². The molecule has 43 heavy (non-hydrogen) atoms. The molecule has 1 unspecified atom stereocenters. The summed E-state index contributed by atoms with van der Waals surface area (Å²) in [5, 5.41) is 8.61. The number of nitrogens with two attached hydrogens (primary N) is 1. The molecule has 0 radical (unpaired) electrons.